The Kier molecular flexibility index (Phi) is 11.8. The summed E-state index contributed by atoms with van der Waals surface area (Å²) in [4.78, 5) is 4.58. The lowest BCUT2D eigenvalue weighted by molar-refractivity contribution is 0.414. The van der Waals surface area contributed by atoms with Crippen LogP contribution in [-0.4, -0.2) is 14.2 Å². The molecule has 0 fully saturated rings. The van der Waals surface area contributed by atoms with Crippen molar-refractivity contribution in [1.82, 2.24) is 0 Å². The summed E-state index contributed by atoms with van der Waals surface area (Å²) in [5.41, 5.74) is 11.3. The summed E-state index contributed by atoms with van der Waals surface area (Å²) in [7, 11) is 3.38. The number of ether oxygens (including phenoxy) is 2. The smallest absolute Gasteiger partial charge is 0.119 e. The standard InChI is InChI=1S/C65H47N3O2/c1-69-57-36-32-55(33-37-57)67(64-15-7-11-49-9-3-5-13-60(49)64)53-28-22-45(23-29-53)17-19-47-26-40-59-52(41-47)43-51-27-21-48(42-62(51)63(59)44-66)20-18-46-24-30-54(31-25-46)68(56-34-38-58(70-2)39-35-56)65-16-8-12-50-10-4-6-14-61(50)65/h3-43H,1-2H3/b19-17+,20-18+. The molecule has 0 amide bonds. The van der Waals surface area contributed by atoms with E-state index in [-0.39, 0.29) is 0 Å². The van der Waals surface area contributed by atoms with Gasteiger partial charge in [-0.3, -0.25) is 0 Å². The van der Waals surface area contributed by atoms with Crippen molar-refractivity contribution in [1.29, 1.82) is 5.26 Å². The van der Waals surface area contributed by atoms with Gasteiger partial charge in [0.25, 0.3) is 0 Å². The average Bonchev–Trinajstić information content (AvgIpc) is 3.42. The average molecular weight is 902 g/mol. The second kappa shape index (κ2) is 19.1. The zero-order chi connectivity index (χ0) is 47.4. The number of hydrogen-bond acceptors (Lipinski definition) is 5. The van der Waals surface area contributed by atoms with Crippen molar-refractivity contribution in [3.8, 4) is 17.6 Å². The number of fused-ring (bicyclic) bond motifs is 4. The molecule has 0 aromatic heterocycles. The molecular formula is C65H47N3O2. The summed E-state index contributed by atoms with van der Waals surface area (Å²) in [5.74, 6) is 1.63. The Morgan fingerprint density at radius 3 is 1.24 bits per heavy atom. The van der Waals surface area contributed by atoms with E-state index in [1.54, 1.807) is 14.2 Å². The monoisotopic (exact) mass is 901 g/mol. The summed E-state index contributed by atoms with van der Waals surface area (Å²) in [6.07, 6.45) is 8.52. The highest BCUT2D eigenvalue weighted by atomic mass is 16.5. The van der Waals surface area contributed by atoms with Gasteiger partial charge in [-0.2, -0.15) is 5.26 Å². The molecule has 334 valence electrons. The van der Waals surface area contributed by atoms with Gasteiger partial charge in [-0.15, -0.1) is 0 Å². The fourth-order valence-electron chi connectivity index (χ4n) is 9.46. The Hall–Kier alpha value is -9.37. The quantitative estimate of drug-likeness (QED) is 0.0903. The second-order valence-corrected chi connectivity index (χ2v) is 17.2. The maximum Gasteiger partial charge on any atom is 0.119 e. The maximum atomic E-state index is 10.6. The molecule has 0 aliphatic rings. The van der Waals surface area contributed by atoms with E-state index in [9.17, 15) is 5.26 Å². The van der Waals surface area contributed by atoms with Crippen molar-refractivity contribution in [2.24, 2.45) is 0 Å². The molecule has 0 heterocycles. The first-order valence-electron chi connectivity index (χ1n) is 23.3. The molecule has 11 aromatic rings. The van der Waals surface area contributed by atoms with Crippen LogP contribution < -0.4 is 19.3 Å². The van der Waals surface area contributed by atoms with Gasteiger partial charge in [0.2, 0.25) is 0 Å². The fourth-order valence-corrected chi connectivity index (χ4v) is 9.46. The van der Waals surface area contributed by atoms with E-state index in [2.05, 4.69) is 240 Å². The lowest BCUT2D eigenvalue weighted by atomic mass is 9.94. The third-order valence-electron chi connectivity index (χ3n) is 13.0. The van der Waals surface area contributed by atoms with Gasteiger partial charge in [-0.05, 0) is 147 Å². The number of hydrogen-bond donors (Lipinski definition) is 0. The molecule has 5 heteroatoms. The van der Waals surface area contributed by atoms with Gasteiger partial charge in [0.05, 0.1) is 31.2 Å². The number of methoxy groups -OCH3 is 2. The Bertz CT molecular complexity index is 3780. The number of benzene rings is 11. The van der Waals surface area contributed by atoms with Gasteiger partial charge >= 0.3 is 0 Å². The van der Waals surface area contributed by atoms with Crippen molar-refractivity contribution in [2.45, 2.75) is 0 Å². The largest absolute Gasteiger partial charge is 0.497 e. The number of nitrogens with zero attached hydrogens (tertiary/aromatic N) is 3. The van der Waals surface area contributed by atoms with Crippen LogP contribution in [0.2, 0.25) is 0 Å². The number of nitriles is 1. The first kappa shape index (κ1) is 43.2. The van der Waals surface area contributed by atoms with Crippen LogP contribution in [-0.2, 0) is 0 Å². The van der Waals surface area contributed by atoms with Crippen molar-refractivity contribution < 1.29 is 9.47 Å². The topological polar surface area (TPSA) is 48.7 Å². The molecule has 0 N–H and O–H groups in total. The zero-order valence-corrected chi connectivity index (χ0v) is 38.8. The molecule has 0 atom stereocenters. The Morgan fingerprint density at radius 1 is 0.343 bits per heavy atom. The van der Waals surface area contributed by atoms with Crippen LogP contribution in [0.15, 0.2) is 224 Å². The van der Waals surface area contributed by atoms with Crippen molar-refractivity contribution >= 4 is 102 Å². The van der Waals surface area contributed by atoms with Gasteiger partial charge < -0.3 is 19.3 Å². The third kappa shape index (κ3) is 8.58. The maximum absolute atomic E-state index is 10.6. The van der Waals surface area contributed by atoms with Crippen LogP contribution in [0.5, 0.6) is 11.5 Å². The first-order chi connectivity index (χ1) is 34.5. The number of anilines is 6. The summed E-state index contributed by atoms with van der Waals surface area (Å²) in [6.45, 7) is 0. The van der Waals surface area contributed by atoms with Gasteiger partial charge in [-0.25, -0.2) is 0 Å². The minimum absolute atomic E-state index is 0.679. The van der Waals surface area contributed by atoms with E-state index in [4.69, 9.17) is 9.47 Å². The van der Waals surface area contributed by atoms with Crippen LogP contribution in [0.1, 0.15) is 27.8 Å². The van der Waals surface area contributed by atoms with E-state index < -0.39 is 0 Å². The van der Waals surface area contributed by atoms with Gasteiger partial charge in [0, 0.05) is 44.3 Å². The highest BCUT2D eigenvalue weighted by Crippen LogP contribution is 2.41. The van der Waals surface area contributed by atoms with Gasteiger partial charge in [-0.1, -0.05) is 146 Å². The molecule has 11 aromatic carbocycles. The van der Waals surface area contributed by atoms with E-state index in [0.29, 0.717) is 5.56 Å². The van der Waals surface area contributed by atoms with Crippen LogP contribution in [0.25, 0.3) is 67.4 Å². The molecule has 0 unspecified atom stereocenters. The highest BCUT2D eigenvalue weighted by Gasteiger charge is 2.17. The molecule has 0 aliphatic carbocycles. The van der Waals surface area contributed by atoms with Crippen molar-refractivity contribution in [3.63, 3.8) is 0 Å². The summed E-state index contributed by atoms with van der Waals surface area (Å²) >= 11 is 0. The molecular weight excluding hydrogens is 855 g/mol. The van der Waals surface area contributed by atoms with E-state index >= 15 is 0 Å². The highest BCUT2D eigenvalue weighted by molar-refractivity contribution is 6.06. The predicted molar refractivity (Wildman–Crippen MR) is 294 cm³/mol. The minimum Gasteiger partial charge on any atom is -0.497 e. The minimum atomic E-state index is 0.679. The van der Waals surface area contributed by atoms with E-state index in [1.165, 1.54) is 21.5 Å². The molecule has 0 saturated carbocycles. The van der Waals surface area contributed by atoms with Crippen molar-refractivity contribution in [2.75, 3.05) is 24.0 Å². The fraction of sp³-hybridized carbons (Fsp3) is 0.0308. The molecule has 0 spiro atoms. The Balaban J connectivity index is 0.837. The molecule has 0 radical (unpaired) electrons. The van der Waals surface area contributed by atoms with Gasteiger partial charge in [0.1, 0.15) is 17.6 Å². The molecule has 70 heavy (non-hydrogen) atoms. The zero-order valence-electron chi connectivity index (χ0n) is 38.8. The van der Waals surface area contributed by atoms with Crippen molar-refractivity contribution in [3.05, 3.63) is 252 Å². The normalized spacial score (nSPS) is 11.4. The third-order valence-corrected chi connectivity index (χ3v) is 13.0. The summed E-state index contributed by atoms with van der Waals surface area (Å²) in [6, 6.07) is 80.9. The van der Waals surface area contributed by atoms with Crippen LogP contribution in [0, 0.1) is 11.3 Å². The molecule has 11 rings (SSSR count). The van der Waals surface area contributed by atoms with Gasteiger partial charge in [0.15, 0.2) is 0 Å². The Morgan fingerprint density at radius 2 is 0.757 bits per heavy atom. The first-order valence-corrected chi connectivity index (χ1v) is 23.3. The van der Waals surface area contributed by atoms with E-state index in [0.717, 1.165) is 89.4 Å². The molecule has 0 saturated heterocycles. The molecule has 0 aliphatic heterocycles. The molecule has 5 nitrogen and oxygen atoms in total. The molecule has 0 bridgehead atoms. The lowest BCUT2D eigenvalue weighted by Gasteiger charge is -2.27. The van der Waals surface area contributed by atoms with E-state index in [1.807, 2.05) is 24.3 Å². The van der Waals surface area contributed by atoms with Crippen LogP contribution in [0.3, 0.4) is 0 Å². The van der Waals surface area contributed by atoms with Crippen LogP contribution >= 0.6 is 0 Å². The lowest BCUT2D eigenvalue weighted by Crippen LogP contribution is -2.10. The number of rotatable bonds is 12. The second-order valence-electron chi connectivity index (χ2n) is 17.2. The van der Waals surface area contributed by atoms with Crippen LogP contribution in [0.4, 0.5) is 34.1 Å². The SMILES string of the molecule is COc1ccc(N(c2ccc(/C=C/c3ccc4c(C#N)c5cc(/C=C/c6ccc(N(c7ccc(OC)cc7)c7cccc8ccccc78)cc6)ccc5cc4c3)cc2)c2cccc3ccccc23)cc1. The Labute approximate surface area is 408 Å². The summed E-state index contributed by atoms with van der Waals surface area (Å²) < 4.78 is 11.0. The predicted octanol–water partition coefficient (Wildman–Crippen LogP) is 17.5. The summed E-state index contributed by atoms with van der Waals surface area (Å²) in [5, 5.41) is 19.2.